The summed E-state index contributed by atoms with van der Waals surface area (Å²) in [6, 6.07) is 15.6. The topological polar surface area (TPSA) is 125 Å². The van der Waals surface area contributed by atoms with E-state index in [0.717, 1.165) is 61.7 Å². The monoisotopic (exact) mass is 587 g/mol. The van der Waals surface area contributed by atoms with Gasteiger partial charge in [0.2, 0.25) is 17.7 Å². The summed E-state index contributed by atoms with van der Waals surface area (Å²) in [6.07, 6.45) is 8.04. The van der Waals surface area contributed by atoms with E-state index < -0.39 is 24.0 Å². The predicted octanol–water partition coefficient (Wildman–Crippen LogP) is 4.79. The molecule has 1 fully saturated rings. The molecule has 0 saturated heterocycles. The smallest absolute Gasteiger partial charge is 0.333 e. The van der Waals surface area contributed by atoms with Crippen molar-refractivity contribution in [1.82, 2.24) is 15.7 Å². The fraction of sp³-hybridized carbons (Fsp3) is 0.471. The fourth-order valence-corrected chi connectivity index (χ4v) is 6.52. The quantitative estimate of drug-likeness (QED) is 0.142. The molecule has 2 atom stereocenters. The molecule has 0 radical (unpaired) electrons. The summed E-state index contributed by atoms with van der Waals surface area (Å²) in [5.41, 5.74) is 6.90. The Labute approximate surface area is 252 Å². The van der Waals surface area contributed by atoms with Crippen LogP contribution in [0.1, 0.15) is 93.4 Å². The van der Waals surface area contributed by atoms with Gasteiger partial charge < -0.3 is 15.0 Å². The van der Waals surface area contributed by atoms with Crippen molar-refractivity contribution in [3.05, 3.63) is 76.9 Å². The van der Waals surface area contributed by atoms with Crippen LogP contribution in [-0.2, 0) is 30.3 Å². The lowest BCUT2D eigenvalue weighted by Crippen LogP contribution is -2.53. The molecule has 2 aromatic carbocycles. The van der Waals surface area contributed by atoms with Crippen LogP contribution in [0.15, 0.2) is 60.2 Å². The van der Waals surface area contributed by atoms with E-state index in [4.69, 9.17) is 9.94 Å². The molecule has 3 N–H and O–H groups in total. The number of hydrogen-bond acceptors (Lipinski definition) is 6. The third-order valence-electron chi connectivity index (χ3n) is 8.85. The number of ether oxygens (including phenoxy) is 1. The Bertz CT molecular complexity index is 1350. The van der Waals surface area contributed by atoms with E-state index in [9.17, 15) is 19.2 Å². The Kier molecular flexibility index (Phi) is 10.3. The van der Waals surface area contributed by atoms with Gasteiger partial charge in [-0.3, -0.25) is 19.6 Å². The van der Waals surface area contributed by atoms with Crippen LogP contribution in [0.4, 0.5) is 0 Å². The summed E-state index contributed by atoms with van der Waals surface area (Å²) in [5, 5.41) is 11.6. The number of hydroxylamine groups is 1. The number of carbonyl (C=O) groups is 4. The summed E-state index contributed by atoms with van der Waals surface area (Å²) >= 11 is 0. The summed E-state index contributed by atoms with van der Waals surface area (Å²) in [6.45, 7) is 0.350. The van der Waals surface area contributed by atoms with Crippen molar-refractivity contribution in [3.63, 3.8) is 0 Å². The van der Waals surface area contributed by atoms with Crippen molar-refractivity contribution in [3.8, 4) is 0 Å². The van der Waals surface area contributed by atoms with Gasteiger partial charge in [-0.25, -0.2) is 10.3 Å². The molecule has 9 heteroatoms. The first-order chi connectivity index (χ1) is 20.9. The zero-order chi connectivity index (χ0) is 30.2. The Morgan fingerprint density at radius 1 is 0.907 bits per heavy atom. The first kappa shape index (κ1) is 30.5. The number of esters is 1. The summed E-state index contributed by atoms with van der Waals surface area (Å²) in [4.78, 5) is 54.0. The van der Waals surface area contributed by atoms with Gasteiger partial charge in [0.15, 0.2) is 6.04 Å². The largest absolute Gasteiger partial charge is 0.461 e. The minimum atomic E-state index is -0.960. The van der Waals surface area contributed by atoms with Crippen LogP contribution >= 0.6 is 0 Å². The standard InChI is InChI=1S/C34H41N3O6/c38-30(36-42)18-6-1-2-7-19-31(39)37-22-28-25(20-24-14-8-11-17-27(24)28)21-29(37)33(40)35-32(23-12-4-3-5-13-23)34(41)43-26-15-9-10-16-26/h3-5,8,11-14,17,26,29,32,42H,1-2,6-7,9-10,15-16,18-22H2,(H,35,40)(H,36,38)/t29-,32+/m1/s1. The lowest BCUT2D eigenvalue weighted by molar-refractivity contribution is -0.153. The fourth-order valence-electron chi connectivity index (χ4n) is 6.52. The van der Waals surface area contributed by atoms with Crippen LogP contribution in [-0.4, -0.2) is 52.5 Å². The molecule has 43 heavy (non-hydrogen) atoms. The van der Waals surface area contributed by atoms with Crippen LogP contribution in [0.3, 0.4) is 0 Å². The molecule has 9 nitrogen and oxygen atoms in total. The molecule has 5 rings (SSSR count). The van der Waals surface area contributed by atoms with E-state index in [2.05, 4.69) is 17.4 Å². The molecule has 2 aliphatic carbocycles. The van der Waals surface area contributed by atoms with Crippen LogP contribution in [0, 0.1) is 0 Å². The van der Waals surface area contributed by atoms with Gasteiger partial charge in [-0.2, -0.15) is 0 Å². The van der Waals surface area contributed by atoms with Gasteiger partial charge in [0.1, 0.15) is 12.1 Å². The molecule has 0 bridgehead atoms. The van der Waals surface area contributed by atoms with E-state index in [-0.39, 0.29) is 30.8 Å². The van der Waals surface area contributed by atoms with Crippen LogP contribution in [0.5, 0.6) is 0 Å². The number of carbonyl (C=O) groups excluding carboxylic acids is 4. The first-order valence-electron chi connectivity index (χ1n) is 15.5. The number of hydrogen-bond donors (Lipinski definition) is 3. The molecule has 1 heterocycles. The Balaban J connectivity index is 1.31. The molecule has 1 saturated carbocycles. The molecule has 3 amide bonds. The van der Waals surface area contributed by atoms with Crippen LogP contribution in [0.25, 0.3) is 5.57 Å². The second kappa shape index (κ2) is 14.5. The second-order valence-electron chi connectivity index (χ2n) is 11.8. The van der Waals surface area contributed by atoms with Crippen molar-refractivity contribution in [2.45, 2.75) is 95.2 Å². The van der Waals surface area contributed by atoms with Gasteiger partial charge in [-0.05, 0) is 73.6 Å². The van der Waals surface area contributed by atoms with Gasteiger partial charge in [-0.15, -0.1) is 0 Å². The van der Waals surface area contributed by atoms with E-state index in [0.29, 0.717) is 31.4 Å². The van der Waals surface area contributed by atoms with E-state index in [1.54, 1.807) is 10.4 Å². The molecule has 0 unspecified atom stereocenters. The van der Waals surface area contributed by atoms with E-state index in [1.165, 1.54) is 5.56 Å². The maximum absolute atomic E-state index is 14.0. The third-order valence-corrected chi connectivity index (χ3v) is 8.85. The van der Waals surface area contributed by atoms with E-state index in [1.807, 2.05) is 42.5 Å². The molecule has 228 valence electrons. The minimum absolute atomic E-state index is 0.103. The van der Waals surface area contributed by atoms with Gasteiger partial charge in [-0.1, -0.05) is 73.0 Å². The van der Waals surface area contributed by atoms with Crippen molar-refractivity contribution in [1.29, 1.82) is 0 Å². The highest BCUT2D eigenvalue weighted by molar-refractivity contribution is 5.94. The number of fused-ring (bicyclic) bond motifs is 2. The molecule has 0 aromatic heterocycles. The molecule has 3 aliphatic rings. The van der Waals surface area contributed by atoms with Gasteiger partial charge >= 0.3 is 5.97 Å². The lowest BCUT2D eigenvalue weighted by atomic mass is 9.92. The highest BCUT2D eigenvalue weighted by atomic mass is 16.5. The summed E-state index contributed by atoms with van der Waals surface area (Å²) in [7, 11) is 0. The van der Waals surface area contributed by atoms with Crippen molar-refractivity contribution >= 4 is 29.3 Å². The molecular weight excluding hydrogens is 546 g/mol. The lowest BCUT2D eigenvalue weighted by Gasteiger charge is -2.37. The maximum Gasteiger partial charge on any atom is 0.333 e. The number of nitrogens with zero attached hydrogens (tertiary/aromatic N) is 1. The van der Waals surface area contributed by atoms with Gasteiger partial charge in [0, 0.05) is 19.4 Å². The average molecular weight is 588 g/mol. The number of amides is 3. The highest BCUT2D eigenvalue weighted by Crippen LogP contribution is 2.40. The molecule has 1 aliphatic heterocycles. The second-order valence-corrected chi connectivity index (χ2v) is 11.8. The van der Waals surface area contributed by atoms with Crippen LogP contribution in [0.2, 0.25) is 0 Å². The van der Waals surface area contributed by atoms with Crippen molar-refractivity contribution in [2.24, 2.45) is 0 Å². The van der Waals surface area contributed by atoms with Gasteiger partial charge in [0.05, 0.1) is 0 Å². The number of nitrogens with one attached hydrogen (secondary N) is 2. The zero-order valence-corrected chi connectivity index (χ0v) is 24.6. The van der Waals surface area contributed by atoms with Crippen LogP contribution < -0.4 is 10.8 Å². The number of benzene rings is 2. The normalized spacial score (nSPS) is 18.5. The van der Waals surface area contributed by atoms with E-state index >= 15 is 0 Å². The zero-order valence-electron chi connectivity index (χ0n) is 24.6. The summed E-state index contributed by atoms with van der Waals surface area (Å²) in [5.74, 6) is -1.35. The van der Waals surface area contributed by atoms with Crippen molar-refractivity contribution < 1.29 is 29.1 Å². The predicted molar refractivity (Wildman–Crippen MR) is 160 cm³/mol. The first-order valence-corrected chi connectivity index (χ1v) is 15.5. The van der Waals surface area contributed by atoms with Crippen molar-refractivity contribution in [2.75, 3.05) is 6.54 Å². The summed E-state index contributed by atoms with van der Waals surface area (Å²) < 4.78 is 5.83. The molecule has 2 aromatic rings. The Morgan fingerprint density at radius 3 is 2.35 bits per heavy atom. The number of rotatable bonds is 12. The van der Waals surface area contributed by atoms with Gasteiger partial charge in [0.25, 0.3) is 0 Å². The highest BCUT2D eigenvalue weighted by Gasteiger charge is 2.40. The maximum atomic E-state index is 14.0. The SMILES string of the molecule is O=C(CCCCCCC(=O)N1CC2=C(Cc3ccccc32)C[C@@H]1C(=O)N[C@H](C(=O)OC1CCCC1)c1ccccc1)NO. The third kappa shape index (κ3) is 7.51. The average Bonchev–Trinajstić information content (AvgIpc) is 3.68. The molecule has 0 spiro atoms. The minimum Gasteiger partial charge on any atom is -0.461 e. The molecular formula is C34H41N3O6. The number of unbranched alkanes of at least 4 members (excludes halogenated alkanes) is 3. The Hall–Kier alpha value is -3.98. The Morgan fingerprint density at radius 2 is 1.60 bits per heavy atom.